The number of carbonyl (C=O) groups is 1. The van der Waals surface area contributed by atoms with E-state index in [1.165, 1.54) is 0 Å². The SMILES string of the molecule is CCCN(CC(C(=O)O)C(F)(F)F)C1CCNCC1. The molecule has 0 aromatic carbocycles. The Labute approximate surface area is 111 Å². The van der Waals surface area contributed by atoms with Crippen molar-refractivity contribution in [1.82, 2.24) is 10.2 Å². The summed E-state index contributed by atoms with van der Waals surface area (Å²) in [5.41, 5.74) is 0. The molecule has 1 heterocycles. The Morgan fingerprint density at radius 2 is 2.00 bits per heavy atom. The highest BCUT2D eigenvalue weighted by Gasteiger charge is 2.46. The minimum absolute atomic E-state index is 0.0467. The molecule has 0 spiro atoms. The number of carboxylic acid groups (broad SMARTS) is 1. The number of aliphatic carboxylic acids is 1. The maximum Gasteiger partial charge on any atom is 0.403 e. The first-order valence-electron chi connectivity index (χ1n) is 6.60. The summed E-state index contributed by atoms with van der Waals surface area (Å²) in [5, 5.41) is 11.9. The first kappa shape index (κ1) is 16.2. The molecule has 1 saturated heterocycles. The van der Waals surface area contributed by atoms with Crippen LogP contribution in [0.15, 0.2) is 0 Å². The number of piperidine rings is 1. The van der Waals surface area contributed by atoms with Crippen molar-refractivity contribution in [2.24, 2.45) is 5.92 Å². The maximum atomic E-state index is 12.7. The van der Waals surface area contributed by atoms with E-state index in [0.29, 0.717) is 13.0 Å². The molecule has 1 rings (SSSR count). The smallest absolute Gasteiger partial charge is 0.403 e. The van der Waals surface area contributed by atoms with E-state index in [-0.39, 0.29) is 6.04 Å². The van der Waals surface area contributed by atoms with Crippen LogP contribution in [0.4, 0.5) is 13.2 Å². The second-order valence-corrected chi connectivity index (χ2v) is 4.91. The summed E-state index contributed by atoms with van der Waals surface area (Å²) in [7, 11) is 0. The van der Waals surface area contributed by atoms with E-state index in [1.807, 2.05) is 6.92 Å². The van der Waals surface area contributed by atoms with Crippen molar-refractivity contribution in [3.8, 4) is 0 Å². The molecule has 1 atom stereocenters. The van der Waals surface area contributed by atoms with Gasteiger partial charge in [-0.05, 0) is 38.9 Å². The molecule has 0 aromatic heterocycles. The summed E-state index contributed by atoms with van der Waals surface area (Å²) >= 11 is 0. The Balaban J connectivity index is 2.71. The standard InChI is InChI=1S/C12H21F3N2O2/c1-2-7-17(9-3-5-16-6-4-9)8-10(11(18)19)12(13,14)15/h9-10,16H,2-8H2,1H3,(H,18,19). The summed E-state index contributed by atoms with van der Waals surface area (Å²) in [6, 6.07) is 0.0467. The molecule has 1 aliphatic rings. The second-order valence-electron chi connectivity index (χ2n) is 4.91. The van der Waals surface area contributed by atoms with E-state index < -0.39 is 24.6 Å². The van der Waals surface area contributed by atoms with E-state index in [1.54, 1.807) is 4.90 Å². The lowest BCUT2D eigenvalue weighted by atomic mass is 10.0. The highest BCUT2D eigenvalue weighted by Crippen LogP contribution is 2.28. The van der Waals surface area contributed by atoms with Gasteiger partial charge in [0.2, 0.25) is 0 Å². The molecular weight excluding hydrogens is 261 g/mol. The number of hydrogen-bond acceptors (Lipinski definition) is 3. The van der Waals surface area contributed by atoms with E-state index in [2.05, 4.69) is 5.32 Å². The molecule has 7 heteroatoms. The highest BCUT2D eigenvalue weighted by atomic mass is 19.4. The van der Waals surface area contributed by atoms with Gasteiger partial charge >= 0.3 is 12.1 Å². The zero-order valence-electron chi connectivity index (χ0n) is 11.0. The van der Waals surface area contributed by atoms with Gasteiger partial charge in [0.05, 0.1) is 0 Å². The van der Waals surface area contributed by atoms with E-state index in [4.69, 9.17) is 5.11 Å². The van der Waals surface area contributed by atoms with Gasteiger partial charge in [0.15, 0.2) is 5.92 Å². The van der Waals surface area contributed by atoms with Gasteiger partial charge in [0, 0.05) is 12.6 Å². The lowest BCUT2D eigenvalue weighted by Gasteiger charge is -2.36. The second kappa shape index (κ2) is 7.09. The molecule has 19 heavy (non-hydrogen) atoms. The van der Waals surface area contributed by atoms with Gasteiger partial charge in [0.1, 0.15) is 0 Å². The Morgan fingerprint density at radius 3 is 2.42 bits per heavy atom. The van der Waals surface area contributed by atoms with Crippen molar-refractivity contribution in [1.29, 1.82) is 0 Å². The molecule has 2 N–H and O–H groups in total. The van der Waals surface area contributed by atoms with Gasteiger partial charge in [-0.1, -0.05) is 6.92 Å². The summed E-state index contributed by atoms with van der Waals surface area (Å²) in [5.74, 6) is -4.09. The predicted octanol–water partition coefficient (Wildman–Crippen LogP) is 1.71. The monoisotopic (exact) mass is 282 g/mol. The minimum atomic E-state index is -4.69. The number of halogens is 3. The molecule has 1 aliphatic heterocycles. The molecule has 1 unspecified atom stereocenters. The van der Waals surface area contributed by atoms with Gasteiger partial charge in [-0.15, -0.1) is 0 Å². The molecule has 0 saturated carbocycles. The van der Waals surface area contributed by atoms with Crippen LogP contribution in [-0.2, 0) is 4.79 Å². The molecule has 4 nitrogen and oxygen atoms in total. The van der Waals surface area contributed by atoms with E-state index in [9.17, 15) is 18.0 Å². The van der Waals surface area contributed by atoms with Crippen molar-refractivity contribution >= 4 is 5.97 Å². The van der Waals surface area contributed by atoms with Crippen LogP contribution in [0.25, 0.3) is 0 Å². The summed E-state index contributed by atoms with van der Waals surface area (Å²) in [6.07, 6.45) is -2.44. The van der Waals surface area contributed by atoms with Crippen LogP contribution in [-0.4, -0.2) is 54.4 Å². The molecule has 1 fully saturated rings. The Morgan fingerprint density at radius 1 is 1.42 bits per heavy atom. The zero-order chi connectivity index (χ0) is 14.5. The third kappa shape index (κ3) is 4.99. The predicted molar refractivity (Wildman–Crippen MR) is 64.9 cm³/mol. The number of nitrogens with one attached hydrogen (secondary N) is 1. The van der Waals surface area contributed by atoms with Crippen LogP contribution in [0.1, 0.15) is 26.2 Å². The number of hydrogen-bond donors (Lipinski definition) is 2. The van der Waals surface area contributed by atoms with Gasteiger partial charge < -0.3 is 10.4 Å². The van der Waals surface area contributed by atoms with Gasteiger partial charge in [-0.2, -0.15) is 13.2 Å². The number of rotatable bonds is 6. The van der Waals surface area contributed by atoms with Crippen LogP contribution in [0.3, 0.4) is 0 Å². The highest BCUT2D eigenvalue weighted by molar-refractivity contribution is 5.71. The topological polar surface area (TPSA) is 52.6 Å². The average Bonchev–Trinajstić information content (AvgIpc) is 2.33. The minimum Gasteiger partial charge on any atom is -0.481 e. The van der Waals surface area contributed by atoms with Crippen LogP contribution in [0.5, 0.6) is 0 Å². The van der Waals surface area contributed by atoms with Crippen LogP contribution in [0, 0.1) is 5.92 Å². The van der Waals surface area contributed by atoms with Crippen LogP contribution in [0.2, 0.25) is 0 Å². The van der Waals surface area contributed by atoms with Crippen molar-refractivity contribution < 1.29 is 23.1 Å². The zero-order valence-corrected chi connectivity index (χ0v) is 11.0. The fourth-order valence-corrected chi connectivity index (χ4v) is 2.44. The van der Waals surface area contributed by atoms with E-state index >= 15 is 0 Å². The first-order valence-corrected chi connectivity index (χ1v) is 6.60. The summed E-state index contributed by atoms with van der Waals surface area (Å²) < 4.78 is 38.2. The average molecular weight is 282 g/mol. The fraction of sp³-hybridized carbons (Fsp3) is 0.917. The largest absolute Gasteiger partial charge is 0.481 e. The molecule has 0 amide bonds. The van der Waals surface area contributed by atoms with Crippen molar-refractivity contribution in [2.45, 2.75) is 38.4 Å². The molecule has 112 valence electrons. The Kier molecular flexibility index (Phi) is 6.06. The van der Waals surface area contributed by atoms with Gasteiger partial charge in [-0.3, -0.25) is 9.69 Å². The Bertz CT molecular complexity index is 291. The normalized spacial score (nSPS) is 19.6. The van der Waals surface area contributed by atoms with Crippen molar-refractivity contribution in [3.63, 3.8) is 0 Å². The molecule has 0 radical (unpaired) electrons. The molecule has 0 aromatic rings. The first-order chi connectivity index (χ1) is 8.86. The van der Waals surface area contributed by atoms with Gasteiger partial charge in [-0.25, -0.2) is 0 Å². The van der Waals surface area contributed by atoms with E-state index in [0.717, 1.165) is 25.9 Å². The molecular formula is C12H21F3N2O2. The third-order valence-electron chi connectivity index (χ3n) is 3.45. The third-order valence-corrected chi connectivity index (χ3v) is 3.45. The number of nitrogens with zero attached hydrogens (tertiary/aromatic N) is 1. The lowest BCUT2D eigenvalue weighted by Crippen LogP contribution is -2.49. The number of alkyl halides is 3. The molecule has 0 aliphatic carbocycles. The van der Waals surface area contributed by atoms with Crippen molar-refractivity contribution in [2.75, 3.05) is 26.2 Å². The summed E-state index contributed by atoms with van der Waals surface area (Å²) in [4.78, 5) is 12.5. The van der Waals surface area contributed by atoms with Crippen molar-refractivity contribution in [3.05, 3.63) is 0 Å². The quantitative estimate of drug-likeness (QED) is 0.779. The van der Waals surface area contributed by atoms with Crippen LogP contribution < -0.4 is 5.32 Å². The fourth-order valence-electron chi connectivity index (χ4n) is 2.44. The summed E-state index contributed by atoms with van der Waals surface area (Å²) in [6.45, 7) is 3.49. The maximum absolute atomic E-state index is 12.7. The lowest BCUT2D eigenvalue weighted by molar-refractivity contribution is -0.197. The molecule has 0 bridgehead atoms. The number of carboxylic acids is 1. The van der Waals surface area contributed by atoms with Crippen LogP contribution >= 0.6 is 0 Å². The Hall–Kier alpha value is -0.820. The van der Waals surface area contributed by atoms with Gasteiger partial charge in [0.25, 0.3) is 0 Å².